The van der Waals surface area contributed by atoms with Gasteiger partial charge in [-0.15, -0.1) is 0 Å². The van der Waals surface area contributed by atoms with Crippen LogP contribution in [0.3, 0.4) is 0 Å². The second kappa shape index (κ2) is 5.25. The summed E-state index contributed by atoms with van der Waals surface area (Å²) in [6.45, 7) is 0.105. The molecule has 1 aliphatic rings. The van der Waals surface area contributed by atoms with Crippen LogP contribution in [0.25, 0.3) is 0 Å². The van der Waals surface area contributed by atoms with Crippen molar-refractivity contribution >= 4 is 5.97 Å². The number of ether oxygens (including phenoxy) is 1. The summed E-state index contributed by atoms with van der Waals surface area (Å²) in [6, 6.07) is 8.22. The van der Waals surface area contributed by atoms with Crippen molar-refractivity contribution in [1.82, 2.24) is 5.32 Å². The summed E-state index contributed by atoms with van der Waals surface area (Å²) >= 11 is 0. The minimum atomic E-state index is -1.41. The Hall–Kier alpha value is -1.46. The fourth-order valence-electron chi connectivity index (χ4n) is 1.73. The minimum absolute atomic E-state index is 0.0216. The second-order valence-corrected chi connectivity index (χ2v) is 3.99. The zero-order chi connectivity index (χ0) is 12.3. The van der Waals surface area contributed by atoms with Crippen molar-refractivity contribution in [2.24, 2.45) is 0 Å². The van der Waals surface area contributed by atoms with Crippen LogP contribution in [0.15, 0.2) is 30.3 Å². The van der Waals surface area contributed by atoms with Crippen molar-refractivity contribution < 1.29 is 19.0 Å². The topological polar surface area (TPSA) is 58.6 Å². The number of halogens is 1. The summed E-state index contributed by atoms with van der Waals surface area (Å²) in [6.07, 6.45) is -2.73. The molecule has 3 unspecified atom stereocenters. The number of carbonyl (C=O) groups is 1. The lowest BCUT2D eigenvalue weighted by Crippen LogP contribution is -2.40. The molecule has 0 saturated carbocycles. The van der Waals surface area contributed by atoms with E-state index in [1.54, 1.807) is 0 Å². The van der Waals surface area contributed by atoms with Gasteiger partial charge in [0, 0.05) is 6.54 Å². The number of alkyl halides is 1. The highest BCUT2D eigenvalue weighted by atomic mass is 19.1. The molecule has 1 aromatic rings. The highest BCUT2D eigenvalue weighted by Crippen LogP contribution is 2.13. The molecule has 0 spiro atoms. The maximum absolute atomic E-state index is 13.0. The molecule has 1 fully saturated rings. The standard InChI is InChI=1S/C12H14FNO3/c13-9-6-14-10(11(9)15)12(16)17-7-8-4-2-1-3-5-8/h1-5,9-11,14-15H,6-7H2. The number of benzene rings is 1. The molecule has 0 bridgehead atoms. The lowest BCUT2D eigenvalue weighted by Gasteiger charge is -2.14. The molecule has 0 aromatic heterocycles. The summed E-state index contributed by atoms with van der Waals surface area (Å²) in [5, 5.41) is 12.0. The van der Waals surface area contributed by atoms with E-state index in [1.807, 2.05) is 30.3 Å². The monoisotopic (exact) mass is 239 g/mol. The Balaban J connectivity index is 1.86. The van der Waals surface area contributed by atoms with E-state index in [-0.39, 0.29) is 13.2 Å². The van der Waals surface area contributed by atoms with E-state index in [9.17, 15) is 14.3 Å². The Bertz CT molecular complexity index is 385. The first kappa shape index (κ1) is 12.0. The first-order chi connectivity index (χ1) is 8.18. The highest BCUT2D eigenvalue weighted by Gasteiger charge is 2.40. The summed E-state index contributed by atoms with van der Waals surface area (Å²) in [4.78, 5) is 11.6. The molecular weight excluding hydrogens is 225 g/mol. The van der Waals surface area contributed by atoms with Gasteiger partial charge in [-0.2, -0.15) is 0 Å². The van der Waals surface area contributed by atoms with Gasteiger partial charge in [0.05, 0.1) is 0 Å². The average Bonchev–Trinajstić information content (AvgIpc) is 2.69. The number of aliphatic hydroxyl groups excluding tert-OH is 1. The molecule has 1 aliphatic heterocycles. The highest BCUT2D eigenvalue weighted by molar-refractivity contribution is 5.77. The fourth-order valence-corrected chi connectivity index (χ4v) is 1.73. The molecule has 3 atom stereocenters. The van der Waals surface area contributed by atoms with Crippen LogP contribution in [0.2, 0.25) is 0 Å². The first-order valence-electron chi connectivity index (χ1n) is 5.44. The third kappa shape index (κ3) is 2.81. The van der Waals surface area contributed by atoms with Gasteiger partial charge in [0.25, 0.3) is 0 Å². The smallest absolute Gasteiger partial charge is 0.326 e. The molecule has 2 rings (SSSR count). The number of carbonyl (C=O) groups excluding carboxylic acids is 1. The third-order valence-electron chi connectivity index (χ3n) is 2.72. The summed E-state index contributed by atoms with van der Waals surface area (Å²) in [5.41, 5.74) is 0.852. The minimum Gasteiger partial charge on any atom is -0.460 e. The quantitative estimate of drug-likeness (QED) is 0.750. The summed E-state index contributed by atoms with van der Waals surface area (Å²) in [7, 11) is 0. The second-order valence-electron chi connectivity index (χ2n) is 3.99. The SMILES string of the molecule is O=C(OCc1ccccc1)C1NCC(F)C1O. The molecule has 1 saturated heterocycles. The molecule has 0 radical (unpaired) electrons. The van der Waals surface area contributed by atoms with Crippen molar-refractivity contribution in [3.8, 4) is 0 Å². The van der Waals surface area contributed by atoms with Crippen molar-refractivity contribution in [3.63, 3.8) is 0 Å². The molecule has 0 aliphatic carbocycles. The zero-order valence-electron chi connectivity index (χ0n) is 9.17. The molecule has 1 aromatic carbocycles. The van der Waals surface area contributed by atoms with Crippen LogP contribution < -0.4 is 5.32 Å². The van der Waals surface area contributed by atoms with Crippen LogP contribution >= 0.6 is 0 Å². The zero-order valence-corrected chi connectivity index (χ0v) is 9.17. The third-order valence-corrected chi connectivity index (χ3v) is 2.72. The van der Waals surface area contributed by atoms with Crippen LogP contribution in [0.1, 0.15) is 5.56 Å². The van der Waals surface area contributed by atoms with Gasteiger partial charge in [-0.3, -0.25) is 10.1 Å². The van der Waals surface area contributed by atoms with E-state index >= 15 is 0 Å². The summed E-state index contributed by atoms with van der Waals surface area (Å²) in [5.74, 6) is -0.624. The van der Waals surface area contributed by atoms with E-state index in [0.29, 0.717) is 0 Å². The van der Waals surface area contributed by atoms with Gasteiger partial charge in [0.1, 0.15) is 24.9 Å². The molecule has 92 valence electrons. The number of nitrogens with one attached hydrogen (secondary N) is 1. The molecule has 4 nitrogen and oxygen atoms in total. The van der Waals surface area contributed by atoms with Crippen LogP contribution in [-0.4, -0.2) is 35.9 Å². The van der Waals surface area contributed by atoms with Crippen molar-refractivity contribution in [2.45, 2.75) is 24.9 Å². The van der Waals surface area contributed by atoms with Gasteiger partial charge >= 0.3 is 5.97 Å². The van der Waals surface area contributed by atoms with Crippen LogP contribution in [0, 0.1) is 0 Å². The van der Waals surface area contributed by atoms with Gasteiger partial charge in [-0.05, 0) is 5.56 Å². The Morgan fingerprint density at radius 3 is 2.76 bits per heavy atom. The lowest BCUT2D eigenvalue weighted by molar-refractivity contribution is -0.149. The van der Waals surface area contributed by atoms with Crippen LogP contribution in [-0.2, 0) is 16.1 Å². The summed E-state index contributed by atoms with van der Waals surface area (Å²) < 4.78 is 18.0. The predicted octanol–water partition coefficient (Wildman–Crippen LogP) is 0.401. The number of hydrogen-bond acceptors (Lipinski definition) is 4. The molecule has 1 heterocycles. The van der Waals surface area contributed by atoms with Gasteiger partial charge in [0.15, 0.2) is 0 Å². The molecule has 0 amide bonds. The molecule has 2 N–H and O–H groups in total. The van der Waals surface area contributed by atoms with Crippen molar-refractivity contribution in [3.05, 3.63) is 35.9 Å². The van der Waals surface area contributed by atoms with Gasteiger partial charge < -0.3 is 9.84 Å². The lowest BCUT2D eigenvalue weighted by atomic mass is 10.1. The average molecular weight is 239 g/mol. The van der Waals surface area contributed by atoms with E-state index in [2.05, 4.69) is 5.32 Å². The van der Waals surface area contributed by atoms with Crippen molar-refractivity contribution in [2.75, 3.05) is 6.54 Å². The Morgan fingerprint density at radius 2 is 2.18 bits per heavy atom. The molecule has 17 heavy (non-hydrogen) atoms. The first-order valence-corrected chi connectivity index (χ1v) is 5.44. The fraction of sp³-hybridized carbons (Fsp3) is 0.417. The predicted molar refractivity (Wildman–Crippen MR) is 58.9 cm³/mol. The Kier molecular flexibility index (Phi) is 3.71. The normalized spacial score (nSPS) is 28.0. The van der Waals surface area contributed by atoms with Gasteiger partial charge in [0.2, 0.25) is 0 Å². The van der Waals surface area contributed by atoms with Crippen molar-refractivity contribution in [1.29, 1.82) is 0 Å². The van der Waals surface area contributed by atoms with Gasteiger partial charge in [-0.1, -0.05) is 30.3 Å². The number of rotatable bonds is 3. The Labute approximate surface area is 98.4 Å². The molecular formula is C12H14FNO3. The van der Waals surface area contributed by atoms with Gasteiger partial charge in [-0.25, -0.2) is 4.39 Å². The molecule has 5 heteroatoms. The van der Waals surface area contributed by atoms with E-state index in [4.69, 9.17) is 4.74 Å². The largest absolute Gasteiger partial charge is 0.460 e. The maximum atomic E-state index is 13.0. The number of esters is 1. The van der Waals surface area contributed by atoms with E-state index in [0.717, 1.165) is 5.56 Å². The Morgan fingerprint density at radius 1 is 1.47 bits per heavy atom. The number of hydrogen-bond donors (Lipinski definition) is 2. The van der Waals surface area contributed by atoms with E-state index < -0.39 is 24.3 Å². The van der Waals surface area contributed by atoms with Crippen LogP contribution in [0.4, 0.5) is 4.39 Å². The maximum Gasteiger partial charge on any atom is 0.326 e. The number of aliphatic hydroxyl groups is 1. The van der Waals surface area contributed by atoms with Crippen LogP contribution in [0.5, 0.6) is 0 Å². The van der Waals surface area contributed by atoms with E-state index in [1.165, 1.54) is 0 Å².